The smallest absolute Gasteiger partial charge is 0.469 e. The number of phosphoric ester groups is 1. The number of benzene rings is 1. The molecule has 0 amide bonds. The van der Waals surface area contributed by atoms with Crippen LogP contribution in [-0.2, 0) is 18.6 Å². The molecule has 1 rings (SSSR count). The summed E-state index contributed by atoms with van der Waals surface area (Å²) in [6, 6.07) is 9.82. The molecule has 2 N–H and O–H groups in total. The molecule has 1 aromatic carbocycles. The highest BCUT2D eigenvalue weighted by Crippen LogP contribution is 2.35. The predicted molar refractivity (Wildman–Crippen MR) is 145 cm³/mol. The topological polar surface area (TPSA) is 94.5 Å². The number of hydrogen-bond donors (Lipinski definition) is 2. The van der Waals surface area contributed by atoms with E-state index in [1.165, 1.54) is 83.5 Å². The first-order valence-corrected chi connectivity index (χ1v) is 15.6. The number of rotatable bonds is 26. The summed E-state index contributed by atoms with van der Waals surface area (Å²) in [6.07, 6.45) is 19.7. The van der Waals surface area contributed by atoms with E-state index in [9.17, 15) is 4.57 Å². The molecule has 0 bridgehead atoms. The van der Waals surface area contributed by atoms with Crippen molar-refractivity contribution in [3.05, 3.63) is 30.3 Å². The Hall–Kier alpha value is -0.950. The van der Waals surface area contributed by atoms with Gasteiger partial charge in [0.25, 0.3) is 0 Å². The second kappa shape index (κ2) is 23.2. The standard InChI is InChI=1S/C28H51O7P/c1-2-3-4-5-6-7-8-9-10-11-12-13-14-16-21-28(35-27-19-17-15-18-20-27)26-33-23-22-32-24-25-34-36(29,30)31/h15,17-20,28H,2-14,16,21-26H2,1H3,(H2,29,30,31). The minimum atomic E-state index is -4.43. The van der Waals surface area contributed by atoms with Crippen molar-refractivity contribution in [2.24, 2.45) is 0 Å². The van der Waals surface area contributed by atoms with Crippen molar-refractivity contribution in [1.82, 2.24) is 0 Å². The van der Waals surface area contributed by atoms with Gasteiger partial charge >= 0.3 is 7.82 Å². The summed E-state index contributed by atoms with van der Waals surface area (Å²) in [7, 11) is -4.43. The number of unbranched alkanes of at least 4 members (excludes halogenated alkanes) is 13. The third kappa shape index (κ3) is 22.3. The number of hydrogen-bond acceptors (Lipinski definition) is 5. The SMILES string of the molecule is CCCCCCCCCCCCCCCCC(COCCOCCOP(=O)(O)O)Oc1ccccc1. The van der Waals surface area contributed by atoms with Gasteiger partial charge in [0.1, 0.15) is 11.9 Å². The van der Waals surface area contributed by atoms with Crippen LogP contribution in [-0.4, -0.2) is 48.9 Å². The van der Waals surface area contributed by atoms with Crippen molar-refractivity contribution < 1.29 is 33.1 Å². The van der Waals surface area contributed by atoms with Crippen molar-refractivity contribution in [3.8, 4) is 5.75 Å². The van der Waals surface area contributed by atoms with Crippen molar-refractivity contribution in [3.63, 3.8) is 0 Å². The Bertz CT molecular complexity index is 638. The van der Waals surface area contributed by atoms with Crippen molar-refractivity contribution in [1.29, 1.82) is 0 Å². The van der Waals surface area contributed by atoms with Gasteiger partial charge in [-0.1, -0.05) is 109 Å². The van der Waals surface area contributed by atoms with Gasteiger partial charge in [-0.05, 0) is 25.0 Å². The maximum atomic E-state index is 10.6. The summed E-state index contributed by atoms with van der Waals surface area (Å²) in [5.74, 6) is 0.849. The van der Waals surface area contributed by atoms with Crippen LogP contribution in [0.2, 0.25) is 0 Å². The molecule has 0 radical (unpaired) electrons. The monoisotopic (exact) mass is 530 g/mol. The highest BCUT2D eigenvalue weighted by Gasteiger charge is 2.13. The summed E-state index contributed by atoms with van der Waals surface area (Å²) < 4.78 is 32.1. The van der Waals surface area contributed by atoms with E-state index in [2.05, 4.69) is 11.4 Å². The lowest BCUT2D eigenvalue weighted by Crippen LogP contribution is -2.24. The molecule has 0 saturated carbocycles. The van der Waals surface area contributed by atoms with Crippen LogP contribution in [0.3, 0.4) is 0 Å². The number of ether oxygens (including phenoxy) is 3. The predicted octanol–water partition coefficient (Wildman–Crippen LogP) is 7.45. The average molecular weight is 531 g/mol. The highest BCUT2D eigenvalue weighted by atomic mass is 31.2. The van der Waals surface area contributed by atoms with Gasteiger partial charge in [-0.3, -0.25) is 4.52 Å². The molecule has 0 fully saturated rings. The van der Waals surface area contributed by atoms with E-state index in [4.69, 9.17) is 24.0 Å². The summed E-state index contributed by atoms with van der Waals surface area (Å²) in [5, 5.41) is 0. The van der Waals surface area contributed by atoms with Crippen molar-refractivity contribution in [2.45, 2.75) is 109 Å². The van der Waals surface area contributed by atoms with Crippen LogP contribution < -0.4 is 4.74 Å². The van der Waals surface area contributed by atoms with E-state index in [-0.39, 0.29) is 19.3 Å². The van der Waals surface area contributed by atoms with Crippen LogP contribution >= 0.6 is 7.82 Å². The van der Waals surface area contributed by atoms with Crippen molar-refractivity contribution in [2.75, 3.05) is 33.0 Å². The van der Waals surface area contributed by atoms with Crippen LogP contribution in [0.25, 0.3) is 0 Å². The summed E-state index contributed by atoms with van der Waals surface area (Å²) >= 11 is 0. The van der Waals surface area contributed by atoms with Crippen molar-refractivity contribution >= 4 is 7.82 Å². The molecule has 7 nitrogen and oxygen atoms in total. The van der Waals surface area contributed by atoms with E-state index in [1.54, 1.807) is 0 Å². The fourth-order valence-electron chi connectivity index (χ4n) is 4.08. The first-order chi connectivity index (χ1) is 17.5. The third-order valence-electron chi connectivity index (χ3n) is 6.09. The van der Waals surface area contributed by atoms with Gasteiger partial charge in [0.15, 0.2) is 0 Å². The molecular weight excluding hydrogens is 479 g/mol. The maximum Gasteiger partial charge on any atom is 0.469 e. The fraction of sp³-hybridized carbons (Fsp3) is 0.786. The molecule has 0 heterocycles. The Kier molecular flexibility index (Phi) is 21.3. The molecule has 8 heteroatoms. The minimum absolute atomic E-state index is 0.0114. The normalized spacial score (nSPS) is 12.6. The third-order valence-corrected chi connectivity index (χ3v) is 6.61. The second-order valence-corrected chi connectivity index (χ2v) is 10.7. The molecule has 1 atom stereocenters. The molecule has 0 spiro atoms. The molecule has 0 aliphatic carbocycles. The van der Waals surface area contributed by atoms with Gasteiger partial charge in [-0.25, -0.2) is 4.57 Å². The van der Waals surface area contributed by atoms with Gasteiger partial charge in [0, 0.05) is 0 Å². The van der Waals surface area contributed by atoms with E-state index in [0.29, 0.717) is 19.8 Å². The van der Waals surface area contributed by atoms with Crippen LogP contribution in [0.15, 0.2) is 30.3 Å². The van der Waals surface area contributed by atoms with Crippen LogP contribution in [0.1, 0.15) is 103 Å². The van der Waals surface area contributed by atoms with Gasteiger partial charge in [0.05, 0.1) is 33.0 Å². The zero-order chi connectivity index (χ0) is 26.2. The van der Waals surface area contributed by atoms with Crippen LogP contribution in [0.5, 0.6) is 5.75 Å². The Morgan fingerprint density at radius 1 is 0.694 bits per heavy atom. The lowest BCUT2D eigenvalue weighted by molar-refractivity contribution is 0.00222. The Morgan fingerprint density at radius 2 is 1.19 bits per heavy atom. The first kappa shape index (κ1) is 33.1. The molecule has 1 aromatic rings. The maximum absolute atomic E-state index is 10.6. The summed E-state index contributed by atoms with van der Waals surface area (Å²) in [5.41, 5.74) is 0. The molecule has 0 aliphatic heterocycles. The van der Waals surface area contributed by atoms with Gasteiger partial charge in [-0.2, -0.15) is 0 Å². The summed E-state index contributed by atoms with van der Waals surface area (Å²) in [4.78, 5) is 17.3. The van der Waals surface area contributed by atoms with Crippen LogP contribution in [0.4, 0.5) is 0 Å². The second-order valence-electron chi connectivity index (χ2n) is 9.45. The Balaban J connectivity index is 2.08. The van der Waals surface area contributed by atoms with Crippen LogP contribution in [0, 0.1) is 0 Å². The lowest BCUT2D eigenvalue weighted by Gasteiger charge is -2.19. The molecule has 36 heavy (non-hydrogen) atoms. The fourth-order valence-corrected chi connectivity index (χ4v) is 4.40. The van der Waals surface area contributed by atoms with Gasteiger partial charge < -0.3 is 24.0 Å². The van der Waals surface area contributed by atoms with E-state index < -0.39 is 7.82 Å². The molecule has 0 aromatic heterocycles. The number of para-hydroxylation sites is 1. The van der Waals surface area contributed by atoms with E-state index >= 15 is 0 Å². The average Bonchev–Trinajstić information content (AvgIpc) is 2.85. The molecule has 1 unspecified atom stereocenters. The van der Waals surface area contributed by atoms with E-state index in [0.717, 1.165) is 18.6 Å². The molecule has 210 valence electrons. The highest BCUT2D eigenvalue weighted by molar-refractivity contribution is 7.46. The molecule has 0 aliphatic rings. The lowest BCUT2D eigenvalue weighted by atomic mass is 10.0. The molecular formula is C28H51O7P. The van der Waals surface area contributed by atoms with Gasteiger partial charge in [-0.15, -0.1) is 0 Å². The Labute approximate surface area is 219 Å². The Morgan fingerprint density at radius 3 is 1.75 bits per heavy atom. The minimum Gasteiger partial charge on any atom is -0.488 e. The molecule has 0 saturated heterocycles. The quantitative estimate of drug-likeness (QED) is 0.0949. The zero-order valence-corrected chi connectivity index (χ0v) is 23.4. The first-order valence-electron chi connectivity index (χ1n) is 14.1. The van der Waals surface area contributed by atoms with E-state index in [1.807, 2.05) is 30.3 Å². The number of phosphoric acid groups is 1. The zero-order valence-electron chi connectivity index (χ0n) is 22.5. The summed E-state index contributed by atoms with van der Waals surface area (Å²) in [6.45, 7) is 3.44. The largest absolute Gasteiger partial charge is 0.488 e. The van der Waals surface area contributed by atoms with Gasteiger partial charge in [0.2, 0.25) is 0 Å².